The van der Waals surface area contributed by atoms with E-state index in [1.807, 2.05) is 0 Å². The number of anilines is 3. The van der Waals surface area contributed by atoms with Gasteiger partial charge in [-0.1, -0.05) is 158 Å². The molecule has 242 valence electrons. The molecule has 0 fully saturated rings. The number of hydrogen-bond donors (Lipinski definition) is 0. The highest BCUT2D eigenvalue weighted by molar-refractivity contribution is 6.13. The van der Waals surface area contributed by atoms with E-state index >= 15 is 0 Å². The molecule has 0 bridgehead atoms. The Morgan fingerprint density at radius 1 is 0.288 bits per heavy atom. The molecule has 9 aromatic carbocycles. The van der Waals surface area contributed by atoms with Crippen LogP contribution in [0.3, 0.4) is 0 Å². The maximum atomic E-state index is 2.46. The minimum absolute atomic E-state index is 0.390. The van der Waals surface area contributed by atoms with Gasteiger partial charge in [-0.05, 0) is 120 Å². The van der Waals surface area contributed by atoms with Gasteiger partial charge < -0.3 is 4.90 Å². The molecular weight excluding hydrogens is 627 g/mol. The molecule has 0 amide bonds. The van der Waals surface area contributed by atoms with E-state index in [0.717, 1.165) is 17.1 Å². The molecule has 9 aromatic rings. The number of rotatable bonds is 4. The van der Waals surface area contributed by atoms with Crippen molar-refractivity contribution in [1.82, 2.24) is 0 Å². The van der Waals surface area contributed by atoms with Crippen LogP contribution in [-0.4, -0.2) is 0 Å². The van der Waals surface area contributed by atoms with Gasteiger partial charge in [-0.3, -0.25) is 0 Å². The first-order valence-corrected chi connectivity index (χ1v) is 18.1. The summed E-state index contributed by atoms with van der Waals surface area (Å²) in [5, 5.41) is 5.11. The largest absolute Gasteiger partial charge is 0.310 e. The van der Waals surface area contributed by atoms with Crippen LogP contribution >= 0.6 is 0 Å². The van der Waals surface area contributed by atoms with E-state index in [-0.39, 0.29) is 0 Å². The van der Waals surface area contributed by atoms with Gasteiger partial charge in [0.25, 0.3) is 0 Å². The van der Waals surface area contributed by atoms with E-state index in [0.29, 0.717) is 0 Å². The van der Waals surface area contributed by atoms with Crippen LogP contribution in [-0.2, 0) is 5.41 Å². The van der Waals surface area contributed by atoms with Crippen molar-refractivity contribution in [2.75, 3.05) is 4.90 Å². The fourth-order valence-electron chi connectivity index (χ4n) is 9.33. The molecule has 1 nitrogen and oxygen atoms in total. The summed E-state index contributed by atoms with van der Waals surface area (Å²) in [5.41, 5.74) is 16.1. The van der Waals surface area contributed by atoms with E-state index in [1.165, 1.54) is 77.2 Å². The van der Waals surface area contributed by atoms with Crippen LogP contribution in [0, 0.1) is 0 Å². The van der Waals surface area contributed by atoms with Crippen molar-refractivity contribution in [2.24, 2.45) is 0 Å². The molecule has 0 saturated carbocycles. The lowest BCUT2D eigenvalue weighted by atomic mass is 9.70. The Balaban J connectivity index is 1.11. The normalized spacial score (nSPS) is 13.2. The number of benzene rings is 9. The molecule has 0 aliphatic heterocycles. The van der Waals surface area contributed by atoms with E-state index in [9.17, 15) is 0 Å². The van der Waals surface area contributed by atoms with Crippen LogP contribution in [0.4, 0.5) is 17.1 Å². The molecule has 0 saturated heterocycles. The lowest BCUT2D eigenvalue weighted by molar-refractivity contribution is 0.793. The van der Waals surface area contributed by atoms with Gasteiger partial charge in [0.15, 0.2) is 0 Å². The van der Waals surface area contributed by atoms with Crippen molar-refractivity contribution in [3.05, 3.63) is 222 Å². The summed E-state index contributed by atoms with van der Waals surface area (Å²) in [6.07, 6.45) is 0. The molecule has 0 aromatic heterocycles. The second kappa shape index (κ2) is 11.2. The third-order valence-corrected chi connectivity index (χ3v) is 11.5. The Hall–Kier alpha value is -6.70. The maximum Gasteiger partial charge on any atom is 0.0726 e. The highest BCUT2D eigenvalue weighted by atomic mass is 15.1. The van der Waals surface area contributed by atoms with Crippen molar-refractivity contribution < 1.29 is 0 Å². The van der Waals surface area contributed by atoms with Gasteiger partial charge in [0.1, 0.15) is 0 Å². The van der Waals surface area contributed by atoms with Gasteiger partial charge in [-0.2, -0.15) is 0 Å². The van der Waals surface area contributed by atoms with Crippen LogP contribution in [0.5, 0.6) is 0 Å². The van der Waals surface area contributed by atoms with Crippen molar-refractivity contribution in [3.63, 3.8) is 0 Å². The van der Waals surface area contributed by atoms with Crippen molar-refractivity contribution in [2.45, 2.75) is 5.41 Å². The molecule has 0 N–H and O–H groups in total. The molecular formula is C51H33N. The van der Waals surface area contributed by atoms with Gasteiger partial charge in [0.2, 0.25) is 0 Å². The lowest BCUT2D eigenvalue weighted by Gasteiger charge is -2.32. The molecule has 0 heterocycles. The van der Waals surface area contributed by atoms with Crippen LogP contribution < -0.4 is 4.90 Å². The van der Waals surface area contributed by atoms with E-state index in [2.05, 4.69) is 205 Å². The Labute approximate surface area is 303 Å². The molecule has 0 atom stereocenters. The van der Waals surface area contributed by atoms with Crippen LogP contribution in [0.15, 0.2) is 200 Å². The molecule has 1 heteroatoms. The van der Waals surface area contributed by atoms with Gasteiger partial charge >= 0.3 is 0 Å². The molecule has 52 heavy (non-hydrogen) atoms. The first-order valence-electron chi connectivity index (χ1n) is 18.1. The minimum Gasteiger partial charge on any atom is -0.310 e. The second-order valence-electron chi connectivity index (χ2n) is 14.0. The molecule has 1 spiro atoms. The van der Waals surface area contributed by atoms with Gasteiger partial charge in [-0.25, -0.2) is 0 Å². The van der Waals surface area contributed by atoms with E-state index in [4.69, 9.17) is 0 Å². The quantitative estimate of drug-likeness (QED) is 0.170. The Bertz CT molecular complexity index is 2780. The zero-order chi connectivity index (χ0) is 34.2. The fourth-order valence-corrected chi connectivity index (χ4v) is 9.33. The molecule has 11 rings (SSSR count). The summed E-state index contributed by atoms with van der Waals surface area (Å²) in [4.78, 5) is 2.41. The zero-order valence-electron chi connectivity index (χ0n) is 28.5. The predicted octanol–water partition coefficient (Wildman–Crippen LogP) is 13.5. The first-order chi connectivity index (χ1) is 25.8. The smallest absolute Gasteiger partial charge is 0.0726 e. The Morgan fingerprint density at radius 2 is 0.769 bits per heavy atom. The number of nitrogens with zero attached hydrogens (tertiary/aromatic N) is 1. The van der Waals surface area contributed by atoms with Crippen LogP contribution in [0.1, 0.15) is 22.3 Å². The van der Waals surface area contributed by atoms with Crippen molar-refractivity contribution in [1.29, 1.82) is 0 Å². The lowest BCUT2D eigenvalue weighted by Crippen LogP contribution is -2.26. The second-order valence-corrected chi connectivity index (χ2v) is 14.0. The summed E-state index contributed by atoms with van der Waals surface area (Å²) in [6.45, 7) is 0. The Morgan fingerprint density at radius 3 is 1.42 bits per heavy atom. The monoisotopic (exact) mass is 659 g/mol. The fraction of sp³-hybridized carbons (Fsp3) is 0.0196. The van der Waals surface area contributed by atoms with Gasteiger partial charge in [-0.15, -0.1) is 0 Å². The third kappa shape index (κ3) is 3.99. The first kappa shape index (κ1) is 29.1. The van der Waals surface area contributed by atoms with Gasteiger partial charge in [0.05, 0.1) is 5.41 Å². The van der Waals surface area contributed by atoms with E-state index < -0.39 is 5.41 Å². The maximum absolute atomic E-state index is 2.46. The summed E-state index contributed by atoms with van der Waals surface area (Å²) in [6, 6.07) is 73.9. The van der Waals surface area contributed by atoms with Gasteiger partial charge in [0, 0.05) is 17.1 Å². The zero-order valence-corrected chi connectivity index (χ0v) is 28.5. The predicted molar refractivity (Wildman–Crippen MR) is 218 cm³/mol. The van der Waals surface area contributed by atoms with Crippen LogP contribution in [0.2, 0.25) is 0 Å². The SMILES string of the molecule is c1ccc(N(c2ccc(-c3cc4ccccc4c4ccccc34)cc2)c2ccc3c(c2)C2(c4ccccc4-c4ccccc42)c2ccccc2-3)cc1. The molecule has 2 aliphatic rings. The molecule has 0 radical (unpaired) electrons. The average molecular weight is 660 g/mol. The summed E-state index contributed by atoms with van der Waals surface area (Å²) in [7, 11) is 0. The average Bonchev–Trinajstić information content (AvgIpc) is 3.69. The topological polar surface area (TPSA) is 3.24 Å². The minimum atomic E-state index is -0.390. The van der Waals surface area contributed by atoms with E-state index in [1.54, 1.807) is 0 Å². The summed E-state index contributed by atoms with van der Waals surface area (Å²) in [5.74, 6) is 0. The summed E-state index contributed by atoms with van der Waals surface area (Å²) >= 11 is 0. The standard InChI is InChI=1S/C51H33N/c1-2-15-36(16-3-1)52(37-28-26-34(27-29-37)46-32-35-14-4-5-17-39(35)40-18-6-7-19-41(40)46)38-30-31-45-44-22-10-13-25-49(44)51(50(45)33-38)47-23-11-8-20-42(47)43-21-9-12-24-48(43)51/h1-33H. The highest BCUT2D eigenvalue weighted by Crippen LogP contribution is 2.63. The van der Waals surface area contributed by atoms with Crippen LogP contribution in [0.25, 0.3) is 54.9 Å². The number of para-hydroxylation sites is 1. The number of fused-ring (bicyclic) bond motifs is 13. The number of hydrogen-bond acceptors (Lipinski definition) is 1. The molecule has 2 aliphatic carbocycles. The van der Waals surface area contributed by atoms with Crippen molar-refractivity contribution >= 4 is 38.6 Å². The van der Waals surface area contributed by atoms with Crippen molar-refractivity contribution in [3.8, 4) is 33.4 Å². The summed E-state index contributed by atoms with van der Waals surface area (Å²) < 4.78 is 0. The third-order valence-electron chi connectivity index (χ3n) is 11.5. The molecule has 0 unspecified atom stereocenters. The highest BCUT2D eigenvalue weighted by Gasteiger charge is 2.51. The Kier molecular flexibility index (Phi) is 6.23.